The number of carboxylic acid groups (broad SMARTS) is 1. The summed E-state index contributed by atoms with van der Waals surface area (Å²) in [5, 5.41) is 11.6. The van der Waals surface area contributed by atoms with E-state index in [0.717, 1.165) is 5.56 Å². The lowest BCUT2D eigenvalue weighted by molar-refractivity contribution is 0.0696. The molecule has 1 aromatic carbocycles. The van der Waals surface area contributed by atoms with E-state index in [9.17, 15) is 9.59 Å². The minimum Gasteiger partial charge on any atom is -0.478 e. The van der Waals surface area contributed by atoms with Gasteiger partial charge in [0.05, 0.1) is 14.8 Å². The van der Waals surface area contributed by atoms with Gasteiger partial charge in [-0.05, 0) is 29.8 Å². The summed E-state index contributed by atoms with van der Waals surface area (Å²) in [4.78, 5) is 23.1. The maximum Gasteiger partial charge on any atom is 0.335 e. The number of hydrogen-bond donors (Lipinski definition) is 2. The van der Waals surface area contributed by atoms with Crippen molar-refractivity contribution >= 4 is 34.8 Å². The van der Waals surface area contributed by atoms with Gasteiger partial charge in [0.1, 0.15) is 0 Å². The molecule has 4 nitrogen and oxygen atoms in total. The number of halogens is 1. The van der Waals surface area contributed by atoms with Crippen molar-refractivity contribution in [2.45, 2.75) is 6.54 Å². The second-order valence-corrected chi connectivity index (χ2v) is 5.51. The zero-order chi connectivity index (χ0) is 13.8. The van der Waals surface area contributed by atoms with Gasteiger partial charge in [-0.2, -0.15) is 0 Å². The molecule has 0 bridgehead atoms. The lowest BCUT2D eigenvalue weighted by atomic mass is 10.1. The Labute approximate surface area is 118 Å². The van der Waals surface area contributed by atoms with Crippen LogP contribution in [0.15, 0.2) is 36.4 Å². The van der Waals surface area contributed by atoms with Crippen molar-refractivity contribution < 1.29 is 14.7 Å². The van der Waals surface area contributed by atoms with Gasteiger partial charge in [-0.1, -0.05) is 23.7 Å². The van der Waals surface area contributed by atoms with Gasteiger partial charge in [-0.3, -0.25) is 4.79 Å². The molecular formula is C13H10ClNO3S. The van der Waals surface area contributed by atoms with Crippen LogP contribution in [0.4, 0.5) is 0 Å². The molecule has 19 heavy (non-hydrogen) atoms. The molecule has 1 heterocycles. The molecule has 2 aromatic rings. The van der Waals surface area contributed by atoms with Gasteiger partial charge in [0.15, 0.2) is 0 Å². The van der Waals surface area contributed by atoms with Crippen LogP contribution in [-0.4, -0.2) is 17.0 Å². The molecule has 0 atom stereocenters. The number of carbonyl (C=O) groups excluding carboxylic acids is 1. The van der Waals surface area contributed by atoms with Crippen molar-refractivity contribution in [2.24, 2.45) is 0 Å². The van der Waals surface area contributed by atoms with E-state index >= 15 is 0 Å². The standard InChI is InChI=1S/C13H10ClNO3S/c14-11-5-4-10(19-11)12(16)15-7-8-2-1-3-9(6-8)13(17)18/h1-6H,7H2,(H,15,16)(H,17,18). The van der Waals surface area contributed by atoms with Gasteiger partial charge in [-0.15, -0.1) is 11.3 Å². The summed E-state index contributed by atoms with van der Waals surface area (Å²) >= 11 is 6.95. The largest absolute Gasteiger partial charge is 0.478 e. The number of carbonyl (C=O) groups is 2. The van der Waals surface area contributed by atoms with Crippen LogP contribution in [0.3, 0.4) is 0 Å². The van der Waals surface area contributed by atoms with Crippen LogP contribution in [0.25, 0.3) is 0 Å². The van der Waals surface area contributed by atoms with E-state index in [4.69, 9.17) is 16.7 Å². The summed E-state index contributed by atoms with van der Waals surface area (Å²) < 4.78 is 0.554. The SMILES string of the molecule is O=C(O)c1cccc(CNC(=O)c2ccc(Cl)s2)c1. The maximum atomic E-state index is 11.8. The van der Waals surface area contributed by atoms with Gasteiger partial charge >= 0.3 is 5.97 Å². The predicted molar refractivity (Wildman–Crippen MR) is 73.9 cm³/mol. The molecule has 0 saturated carbocycles. The first kappa shape index (κ1) is 13.6. The minimum absolute atomic E-state index is 0.200. The number of benzene rings is 1. The average molecular weight is 296 g/mol. The molecular weight excluding hydrogens is 286 g/mol. The Kier molecular flexibility index (Phi) is 4.19. The first-order chi connectivity index (χ1) is 9.06. The highest BCUT2D eigenvalue weighted by molar-refractivity contribution is 7.17. The van der Waals surface area contributed by atoms with E-state index in [-0.39, 0.29) is 18.0 Å². The van der Waals surface area contributed by atoms with Crippen LogP contribution in [0.2, 0.25) is 4.34 Å². The summed E-state index contributed by atoms with van der Waals surface area (Å²) in [5.41, 5.74) is 0.932. The number of amides is 1. The highest BCUT2D eigenvalue weighted by Crippen LogP contribution is 2.21. The molecule has 0 aliphatic heterocycles. The van der Waals surface area contributed by atoms with Crippen molar-refractivity contribution in [2.75, 3.05) is 0 Å². The summed E-state index contributed by atoms with van der Waals surface area (Å²) in [6.45, 7) is 0.273. The van der Waals surface area contributed by atoms with Crippen LogP contribution in [0, 0.1) is 0 Å². The van der Waals surface area contributed by atoms with Crippen LogP contribution in [-0.2, 0) is 6.54 Å². The lowest BCUT2D eigenvalue weighted by Crippen LogP contribution is -2.21. The van der Waals surface area contributed by atoms with E-state index in [2.05, 4.69) is 5.32 Å². The van der Waals surface area contributed by atoms with Crippen LogP contribution < -0.4 is 5.32 Å². The summed E-state index contributed by atoms with van der Waals surface area (Å²) in [6.07, 6.45) is 0. The van der Waals surface area contributed by atoms with Gasteiger partial charge < -0.3 is 10.4 Å². The third-order valence-corrected chi connectivity index (χ3v) is 3.65. The lowest BCUT2D eigenvalue weighted by Gasteiger charge is -2.04. The van der Waals surface area contributed by atoms with Crippen LogP contribution in [0.5, 0.6) is 0 Å². The van der Waals surface area contributed by atoms with Gasteiger partial charge in [0.25, 0.3) is 5.91 Å². The first-order valence-corrected chi connectivity index (χ1v) is 6.61. The Hall–Kier alpha value is -1.85. The Morgan fingerprint density at radius 3 is 2.68 bits per heavy atom. The Morgan fingerprint density at radius 2 is 2.05 bits per heavy atom. The zero-order valence-electron chi connectivity index (χ0n) is 9.72. The Bertz CT molecular complexity index is 624. The molecule has 1 amide bonds. The number of aromatic carboxylic acids is 1. The molecule has 0 saturated heterocycles. The molecule has 2 rings (SSSR count). The Morgan fingerprint density at radius 1 is 1.26 bits per heavy atom. The van der Waals surface area contributed by atoms with Gasteiger partial charge in [0, 0.05) is 6.54 Å². The molecule has 1 aromatic heterocycles. The third-order valence-electron chi connectivity index (χ3n) is 2.42. The van der Waals surface area contributed by atoms with Gasteiger partial charge in [0.2, 0.25) is 0 Å². The molecule has 0 aliphatic carbocycles. The van der Waals surface area contributed by atoms with E-state index in [0.29, 0.717) is 9.21 Å². The summed E-state index contributed by atoms with van der Waals surface area (Å²) in [7, 11) is 0. The Balaban J connectivity index is 2.01. The molecule has 0 aliphatic rings. The highest BCUT2D eigenvalue weighted by atomic mass is 35.5. The quantitative estimate of drug-likeness (QED) is 0.911. The predicted octanol–water partition coefficient (Wildman–Crippen LogP) is 3.03. The number of carboxylic acids is 1. The van der Waals surface area contributed by atoms with Crippen molar-refractivity contribution in [3.05, 3.63) is 56.7 Å². The van der Waals surface area contributed by atoms with Crippen molar-refractivity contribution in [3.63, 3.8) is 0 Å². The number of thiophene rings is 1. The average Bonchev–Trinajstić information content (AvgIpc) is 2.83. The smallest absolute Gasteiger partial charge is 0.335 e. The molecule has 2 N–H and O–H groups in total. The van der Waals surface area contributed by atoms with E-state index in [1.54, 1.807) is 24.3 Å². The fourth-order valence-electron chi connectivity index (χ4n) is 1.52. The van der Waals surface area contributed by atoms with Crippen molar-refractivity contribution in [1.82, 2.24) is 5.32 Å². The third kappa shape index (κ3) is 3.56. The minimum atomic E-state index is -0.988. The number of rotatable bonds is 4. The summed E-state index contributed by atoms with van der Waals surface area (Å²) in [5.74, 6) is -1.21. The summed E-state index contributed by atoms with van der Waals surface area (Å²) in [6, 6.07) is 9.75. The fraction of sp³-hybridized carbons (Fsp3) is 0.0769. The molecule has 0 radical (unpaired) electrons. The zero-order valence-corrected chi connectivity index (χ0v) is 11.3. The molecule has 6 heteroatoms. The molecule has 0 fully saturated rings. The highest BCUT2D eigenvalue weighted by Gasteiger charge is 2.09. The van der Waals surface area contributed by atoms with Crippen LogP contribution in [0.1, 0.15) is 25.6 Å². The molecule has 0 spiro atoms. The van der Waals surface area contributed by atoms with Crippen molar-refractivity contribution in [3.8, 4) is 0 Å². The normalized spacial score (nSPS) is 10.2. The van der Waals surface area contributed by atoms with Gasteiger partial charge in [-0.25, -0.2) is 4.79 Å². The molecule has 0 unspecified atom stereocenters. The number of nitrogens with one attached hydrogen (secondary N) is 1. The number of hydrogen-bond acceptors (Lipinski definition) is 3. The topological polar surface area (TPSA) is 66.4 Å². The van der Waals surface area contributed by atoms with E-state index in [1.165, 1.54) is 23.5 Å². The van der Waals surface area contributed by atoms with Crippen molar-refractivity contribution in [1.29, 1.82) is 0 Å². The fourth-order valence-corrected chi connectivity index (χ4v) is 2.48. The first-order valence-electron chi connectivity index (χ1n) is 5.42. The van der Waals surface area contributed by atoms with E-state index < -0.39 is 5.97 Å². The van der Waals surface area contributed by atoms with E-state index in [1.807, 2.05) is 0 Å². The second-order valence-electron chi connectivity index (χ2n) is 3.79. The molecule has 98 valence electrons. The monoisotopic (exact) mass is 295 g/mol. The maximum absolute atomic E-state index is 11.8. The van der Waals surface area contributed by atoms with Crippen LogP contribution >= 0.6 is 22.9 Å². The second kappa shape index (κ2) is 5.86.